The Balaban J connectivity index is 0.00000112. The van der Waals surface area contributed by atoms with E-state index in [-0.39, 0.29) is 23.6 Å². The van der Waals surface area contributed by atoms with Crippen LogP contribution in [0, 0.1) is 0 Å². The number of rotatable bonds is 0. The Kier molecular flexibility index (Phi) is 3.77. The molecule has 0 saturated carbocycles. The Hall–Kier alpha value is -1.93. The molecule has 0 aromatic carbocycles. The molecule has 0 unspecified atom stereocenters. The van der Waals surface area contributed by atoms with Crippen LogP contribution >= 0.6 is 0 Å². The van der Waals surface area contributed by atoms with Gasteiger partial charge in [0, 0.05) is 21.1 Å². The van der Waals surface area contributed by atoms with E-state index in [2.05, 4.69) is 4.98 Å². The second kappa shape index (κ2) is 4.29. The summed E-state index contributed by atoms with van der Waals surface area (Å²) < 4.78 is 4.04. The molecule has 0 saturated heterocycles. The van der Waals surface area contributed by atoms with E-state index in [1.54, 1.807) is 18.7 Å². The van der Waals surface area contributed by atoms with Crippen molar-refractivity contribution >= 4 is 11.2 Å². The highest BCUT2D eigenvalue weighted by molar-refractivity contribution is 5.69. The summed E-state index contributed by atoms with van der Waals surface area (Å²) >= 11 is 0. The van der Waals surface area contributed by atoms with E-state index in [1.165, 1.54) is 17.9 Å². The molecule has 2 aromatic heterocycles. The molecule has 0 radical (unpaired) electrons. The van der Waals surface area contributed by atoms with Crippen LogP contribution in [0.1, 0.15) is 0 Å². The van der Waals surface area contributed by atoms with Crippen molar-refractivity contribution in [2.75, 3.05) is 0 Å². The van der Waals surface area contributed by atoms with Gasteiger partial charge in [-0.05, 0) is 0 Å². The lowest BCUT2D eigenvalue weighted by Gasteiger charge is -2.02. The number of aromatic nitrogens is 4. The van der Waals surface area contributed by atoms with Gasteiger partial charge in [-0.15, -0.1) is 0 Å². The van der Waals surface area contributed by atoms with Gasteiger partial charge in [0.25, 0.3) is 5.56 Å². The van der Waals surface area contributed by atoms with Crippen LogP contribution < -0.4 is 23.6 Å². The van der Waals surface area contributed by atoms with Crippen molar-refractivity contribution in [3.05, 3.63) is 27.2 Å². The average molecular weight is 228 g/mol. The van der Waals surface area contributed by atoms with Gasteiger partial charge in [0.05, 0.1) is 6.33 Å². The van der Waals surface area contributed by atoms with E-state index < -0.39 is 0 Å². The van der Waals surface area contributed by atoms with Gasteiger partial charge in [-0.1, -0.05) is 0 Å². The van der Waals surface area contributed by atoms with E-state index in [0.717, 1.165) is 4.57 Å². The molecule has 2 aromatic rings. The number of nitrogens with zero attached hydrogens (tertiary/aromatic N) is 4. The fraction of sp³-hybridized carbons (Fsp3) is 0.375. The third-order valence-electron chi connectivity index (χ3n) is 2.32. The summed E-state index contributed by atoms with van der Waals surface area (Å²) in [6, 6.07) is 0. The van der Waals surface area contributed by atoms with Gasteiger partial charge in [-0.25, -0.2) is 9.78 Å². The van der Waals surface area contributed by atoms with E-state index in [0.29, 0.717) is 11.2 Å². The lowest BCUT2D eigenvalue weighted by molar-refractivity contribution is 0.705. The molecule has 0 aliphatic heterocycles. The molecule has 8 nitrogen and oxygen atoms in total. The van der Waals surface area contributed by atoms with Crippen LogP contribution in [-0.4, -0.2) is 18.7 Å². The summed E-state index contributed by atoms with van der Waals surface area (Å²) in [5, 5.41) is 0. The van der Waals surface area contributed by atoms with E-state index >= 15 is 0 Å². The zero-order valence-corrected chi connectivity index (χ0v) is 9.60. The normalized spacial score (nSPS) is 9.69. The molecule has 16 heavy (non-hydrogen) atoms. The first kappa shape index (κ1) is 14.1. The Labute approximate surface area is 91.3 Å². The molecule has 0 amide bonds. The lowest BCUT2D eigenvalue weighted by atomic mass is 10.5. The van der Waals surface area contributed by atoms with Crippen LogP contribution in [0.2, 0.25) is 0 Å². The number of hydrogen-bond acceptors (Lipinski definition) is 5. The monoisotopic (exact) mass is 228 g/mol. The fourth-order valence-corrected chi connectivity index (χ4v) is 1.47. The maximum absolute atomic E-state index is 11.7. The maximum Gasteiger partial charge on any atom is 0.332 e. The van der Waals surface area contributed by atoms with Gasteiger partial charge in [0.1, 0.15) is 0 Å². The topological polar surface area (TPSA) is 132 Å². The Morgan fingerprint density at radius 1 is 1.06 bits per heavy atom. The zero-order valence-electron chi connectivity index (χ0n) is 9.60. The van der Waals surface area contributed by atoms with Crippen molar-refractivity contribution in [3.8, 4) is 0 Å². The van der Waals surface area contributed by atoms with Crippen LogP contribution in [0.4, 0.5) is 0 Å². The molecule has 2 heterocycles. The van der Waals surface area contributed by atoms with Gasteiger partial charge in [0.15, 0.2) is 11.2 Å². The van der Waals surface area contributed by atoms with Gasteiger partial charge in [-0.2, -0.15) is 0 Å². The molecule has 8 heteroatoms. The van der Waals surface area contributed by atoms with Crippen LogP contribution in [0.25, 0.3) is 11.2 Å². The molecule has 90 valence electrons. The van der Waals surface area contributed by atoms with E-state index in [1.807, 2.05) is 0 Å². The molecule has 0 spiro atoms. The lowest BCUT2D eigenvalue weighted by Crippen LogP contribution is -2.37. The van der Waals surface area contributed by atoms with Crippen molar-refractivity contribution < 1.29 is 0 Å². The molecular weight excluding hydrogens is 212 g/mol. The molecule has 0 aliphatic carbocycles. The molecule has 0 aliphatic rings. The minimum atomic E-state index is -0.360. The minimum absolute atomic E-state index is 0. The summed E-state index contributed by atoms with van der Waals surface area (Å²) in [5.41, 5.74) is 0.180. The summed E-state index contributed by atoms with van der Waals surface area (Å²) in [6.45, 7) is 0. The van der Waals surface area contributed by atoms with Gasteiger partial charge in [0.2, 0.25) is 0 Å². The molecule has 0 atom stereocenters. The second-order valence-corrected chi connectivity index (χ2v) is 3.23. The largest absolute Gasteiger partial charge is 0.344 e. The standard InChI is InChI=1S/C8H10N4O2.2H3N/c1-10-4-9-6-5(10)7(13)12(3)8(14)11(6)2;;/h4H,1-3H3;2*1H3. The SMILES string of the molecule is Cn1c(=O)c2c(ncn2C)n(C)c1=O.N.N. The highest BCUT2D eigenvalue weighted by atomic mass is 16.2. The van der Waals surface area contributed by atoms with Crippen molar-refractivity contribution in [1.82, 2.24) is 31.0 Å². The van der Waals surface area contributed by atoms with Crippen LogP contribution in [0.5, 0.6) is 0 Å². The smallest absolute Gasteiger partial charge is 0.332 e. The van der Waals surface area contributed by atoms with Crippen molar-refractivity contribution in [3.63, 3.8) is 0 Å². The third-order valence-corrected chi connectivity index (χ3v) is 2.32. The first-order valence-corrected chi connectivity index (χ1v) is 4.11. The third kappa shape index (κ3) is 1.53. The Morgan fingerprint density at radius 2 is 1.62 bits per heavy atom. The summed E-state index contributed by atoms with van der Waals surface area (Å²) in [6.07, 6.45) is 1.52. The molecule has 2 rings (SSSR count). The first-order valence-electron chi connectivity index (χ1n) is 4.11. The summed E-state index contributed by atoms with van der Waals surface area (Å²) in [4.78, 5) is 27.2. The molecule has 6 N–H and O–H groups in total. The number of hydrogen-bond donors (Lipinski definition) is 2. The van der Waals surface area contributed by atoms with Crippen LogP contribution in [0.3, 0.4) is 0 Å². The van der Waals surface area contributed by atoms with Crippen molar-refractivity contribution in [2.24, 2.45) is 21.1 Å². The van der Waals surface area contributed by atoms with Crippen molar-refractivity contribution in [1.29, 1.82) is 0 Å². The highest BCUT2D eigenvalue weighted by Crippen LogP contribution is 2.01. The van der Waals surface area contributed by atoms with Gasteiger partial charge >= 0.3 is 5.69 Å². The van der Waals surface area contributed by atoms with Gasteiger partial charge < -0.3 is 16.9 Å². The maximum atomic E-state index is 11.7. The summed E-state index contributed by atoms with van der Waals surface area (Å²) in [5.74, 6) is 0. The number of aryl methyl sites for hydroxylation is 2. The predicted molar refractivity (Wildman–Crippen MR) is 61.2 cm³/mol. The minimum Gasteiger partial charge on any atom is -0.344 e. The Morgan fingerprint density at radius 3 is 2.19 bits per heavy atom. The second-order valence-electron chi connectivity index (χ2n) is 3.23. The van der Waals surface area contributed by atoms with E-state index in [4.69, 9.17) is 0 Å². The number of fused-ring (bicyclic) bond motifs is 1. The van der Waals surface area contributed by atoms with Crippen LogP contribution in [-0.2, 0) is 21.1 Å². The quantitative estimate of drug-likeness (QED) is 0.615. The molecule has 0 bridgehead atoms. The van der Waals surface area contributed by atoms with Crippen molar-refractivity contribution in [2.45, 2.75) is 0 Å². The fourth-order valence-electron chi connectivity index (χ4n) is 1.47. The van der Waals surface area contributed by atoms with E-state index in [9.17, 15) is 9.59 Å². The van der Waals surface area contributed by atoms with Gasteiger partial charge in [-0.3, -0.25) is 13.9 Å². The first-order chi connectivity index (χ1) is 6.54. The highest BCUT2D eigenvalue weighted by Gasteiger charge is 2.11. The Bertz CT molecular complexity index is 620. The van der Waals surface area contributed by atoms with Crippen LogP contribution in [0.15, 0.2) is 15.9 Å². The molecule has 0 fully saturated rings. The number of imidazole rings is 1. The molecular formula is C8H16N6O2. The zero-order chi connectivity index (χ0) is 10.5. The average Bonchev–Trinajstić information content (AvgIpc) is 2.54. The summed E-state index contributed by atoms with van der Waals surface area (Å²) in [7, 11) is 4.77. The predicted octanol–water partition coefficient (Wildman–Crippen LogP) is -0.705.